The van der Waals surface area contributed by atoms with Crippen molar-refractivity contribution in [3.8, 4) is 11.5 Å². The zero-order valence-electron chi connectivity index (χ0n) is 25.3. The van der Waals surface area contributed by atoms with Gasteiger partial charge in [-0.2, -0.15) is 0 Å². The van der Waals surface area contributed by atoms with Crippen LogP contribution in [0.2, 0.25) is 0 Å². The number of H-pyrrole nitrogens is 1. The quantitative estimate of drug-likeness (QED) is 0.168. The third-order valence-electron chi connectivity index (χ3n) is 7.80. The lowest BCUT2D eigenvalue weighted by Crippen LogP contribution is -2.43. The van der Waals surface area contributed by atoms with Crippen molar-refractivity contribution in [3.05, 3.63) is 141 Å². The van der Waals surface area contributed by atoms with Gasteiger partial charge in [0.1, 0.15) is 23.2 Å². The number of nitrogens with zero attached hydrogens (tertiary/aromatic N) is 1. The van der Waals surface area contributed by atoms with Crippen molar-refractivity contribution in [2.75, 3.05) is 35.0 Å². The zero-order valence-corrected chi connectivity index (χ0v) is 26.2. The lowest BCUT2D eigenvalue weighted by molar-refractivity contribution is -0.109. The summed E-state index contributed by atoms with van der Waals surface area (Å²) in [6.45, 7) is 0.0981. The molecule has 11 nitrogen and oxygen atoms in total. The number of hydrogen-bond donors (Lipinski definition) is 1. The van der Waals surface area contributed by atoms with Crippen molar-refractivity contribution < 1.29 is 32.6 Å². The molecule has 236 valence electrons. The molecule has 0 radical (unpaired) electrons. The average Bonchev–Trinajstić information content (AvgIpc) is 3.48. The Morgan fingerprint density at radius 1 is 0.822 bits per heavy atom. The lowest BCUT2D eigenvalue weighted by Gasteiger charge is -2.40. The molecule has 2 heterocycles. The number of rotatable bonds is 12. The van der Waals surface area contributed by atoms with E-state index in [-0.39, 0.29) is 6.61 Å². The smallest absolute Gasteiger partial charge is 0.353 e. The molecule has 0 aliphatic carbocycles. The van der Waals surface area contributed by atoms with Crippen molar-refractivity contribution in [2.45, 2.75) is 17.9 Å². The molecule has 0 spiro atoms. The second-order valence-electron chi connectivity index (χ2n) is 10.2. The minimum Gasteiger partial charge on any atom is -0.497 e. The number of hydrogen-bond acceptors (Lipinski definition) is 9. The summed E-state index contributed by atoms with van der Waals surface area (Å²) in [5, 5.41) is 0. The number of nitrogens with one attached hydrogen (secondary N) is 1. The summed E-state index contributed by atoms with van der Waals surface area (Å²) >= 11 is 0. The minimum absolute atomic E-state index is 0.0981. The second kappa shape index (κ2) is 13.8. The van der Waals surface area contributed by atoms with Crippen LogP contribution in [0.25, 0.3) is 0 Å². The Bertz CT molecular complexity index is 1710. The molecule has 0 bridgehead atoms. The van der Waals surface area contributed by atoms with Crippen LogP contribution in [0.15, 0.2) is 113 Å². The van der Waals surface area contributed by atoms with Crippen LogP contribution in [0.1, 0.15) is 22.9 Å². The van der Waals surface area contributed by atoms with E-state index in [9.17, 15) is 14.2 Å². The Morgan fingerprint density at radius 3 is 1.89 bits per heavy atom. The van der Waals surface area contributed by atoms with E-state index in [0.717, 1.165) is 16.7 Å². The molecule has 4 aromatic rings. The second-order valence-corrected chi connectivity index (χ2v) is 12.3. The van der Waals surface area contributed by atoms with E-state index >= 15 is 0 Å². The third-order valence-corrected chi connectivity index (χ3v) is 9.35. The Labute approximate surface area is 260 Å². The van der Waals surface area contributed by atoms with Gasteiger partial charge in [0.2, 0.25) is 0 Å². The predicted molar refractivity (Wildman–Crippen MR) is 168 cm³/mol. The fraction of sp³-hybridized carbons (Fsp3) is 0.273. The highest BCUT2D eigenvalue weighted by Gasteiger charge is 2.47. The monoisotopic (exact) mass is 634 g/mol. The number of aromatic amines is 1. The molecule has 3 aromatic carbocycles. The van der Waals surface area contributed by atoms with Crippen LogP contribution in [0.4, 0.5) is 0 Å². The van der Waals surface area contributed by atoms with E-state index in [2.05, 4.69) is 4.98 Å². The minimum atomic E-state index is -3.55. The van der Waals surface area contributed by atoms with Crippen molar-refractivity contribution in [3.63, 3.8) is 0 Å². The third kappa shape index (κ3) is 6.58. The van der Waals surface area contributed by atoms with Gasteiger partial charge >= 0.3 is 13.3 Å². The van der Waals surface area contributed by atoms with Gasteiger partial charge in [-0.1, -0.05) is 60.7 Å². The van der Waals surface area contributed by atoms with Gasteiger partial charge in [-0.05, 0) is 41.0 Å². The molecule has 0 saturated carbocycles. The number of aromatic nitrogens is 2. The van der Waals surface area contributed by atoms with Crippen LogP contribution in [-0.2, 0) is 28.7 Å². The van der Waals surface area contributed by atoms with Gasteiger partial charge in [0.15, 0.2) is 6.23 Å². The van der Waals surface area contributed by atoms with Gasteiger partial charge in [0, 0.05) is 38.2 Å². The molecule has 1 saturated heterocycles. The van der Waals surface area contributed by atoms with E-state index < -0.39 is 42.7 Å². The first kappa shape index (κ1) is 32.2. The first-order valence-electron chi connectivity index (χ1n) is 14.1. The van der Waals surface area contributed by atoms with Crippen LogP contribution < -0.4 is 20.7 Å². The molecule has 1 aromatic heterocycles. The van der Waals surface area contributed by atoms with E-state index in [1.807, 2.05) is 78.9 Å². The summed E-state index contributed by atoms with van der Waals surface area (Å²) in [7, 11) is 2.23. The molecule has 1 aliphatic rings. The Balaban J connectivity index is 1.75. The molecule has 3 atom stereocenters. The van der Waals surface area contributed by atoms with Crippen LogP contribution in [0, 0.1) is 5.92 Å². The van der Waals surface area contributed by atoms with Crippen LogP contribution in [0.3, 0.4) is 0 Å². The van der Waals surface area contributed by atoms with Gasteiger partial charge in [-0.25, -0.2) is 4.79 Å². The maximum absolute atomic E-state index is 13.0. The highest BCUT2D eigenvalue weighted by Crippen LogP contribution is 2.50. The lowest BCUT2D eigenvalue weighted by atomic mass is 9.79. The van der Waals surface area contributed by atoms with Crippen molar-refractivity contribution in [1.82, 2.24) is 9.55 Å². The van der Waals surface area contributed by atoms with Crippen molar-refractivity contribution >= 4 is 7.60 Å². The first-order valence-corrected chi connectivity index (χ1v) is 15.7. The molecule has 1 fully saturated rings. The summed E-state index contributed by atoms with van der Waals surface area (Å²) in [6, 6.07) is 26.0. The summed E-state index contributed by atoms with van der Waals surface area (Å²) in [5.41, 5.74) is -0.144. The van der Waals surface area contributed by atoms with Gasteiger partial charge in [-0.15, -0.1) is 0 Å². The molecule has 5 rings (SSSR count). The number of benzene rings is 3. The van der Waals surface area contributed by atoms with Crippen LogP contribution in [0.5, 0.6) is 11.5 Å². The van der Waals surface area contributed by atoms with E-state index in [0.29, 0.717) is 11.5 Å². The maximum atomic E-state index is 13.0. The number of methoxy groups -OCH3 is 2. The largest absolute Gasteiger partial charge is 0.497 e. The summed E-state index contributed by atoms with van der Waals surface area (Å²) in [6.07, 6.45) is 1.19. The zero-order chi connectivity index (χ0) is 32.0. The van der Waals surface area contributed by atoms with E-state index in [4.69, 9.17) is 28.0 Å². The van der Waals surface area contributed by atoms with Crippen molar-refractivity contribution in [2.24, 2.45) is 5.92 Å². The standard InChI is InChI=1S/C33H35N2O9P/c1-39-27-14-10-25(11-15-27)33(24-8-6-5-7-9-24,26-12-16-28(40-2)17-13-26)44-30-23(19-21-45(38,41-3)42-4)22-43-31(30)35-20-18-29(36)34-32(35)37/h5-21,23,30-31H,22H2,1-4H3,(H,34,36,37)/b21-19+/t23-,30+,31+/m0/s1. The summed E-state index contributed by atoms with van der Waals surface area (Å²) in [5.74, 6) is 2.15. The fourth-order valence-corrected chi connectivity index (χ4v) is 6.26. The molecular weight excluding hydrogens is 599 g/mol. The van der Waals surface area contributed by atoms with E-state index in [1.54, 1.807) is 20.3 Å². The normalized spacial score (nSPS) is 18.7. The fourth-order valence-electron chi connectivity index (χ4n) is 5.43. The molecule has 45 heavy (non-hydrogen) atoms. The summed E-state index contributed by atoms with van der Waals surface area (Å²) in [4.78, 5) is 27.3. The van der Waals surface area contributed by atoms with Gasteiger partial charge in [-0.3, -0.25) is 18.9 Å². The van der Waals surface area contributed by atoms with Crippen LogP contribution >= 0.6 is 7.60 Å². The Hall–Kier alpha value is -4.25. The molecule has 0 unspecified atom stereocenters. The summed E-state index contributed by atoms with van der Waals surface area (Å²) < 4.78 is 49.0. The maximum Gasteiger partial charge on any atom is 0.353 e. The molecule has 0 amide bonds. The molecule has 1 N–H and O–H groups in total. The van der Waals surface area contributed by atoms with Crippen molar-refractivity contribution in [1.29, 1.82) is 0 Å². The average molecular weight is 635 g/mol. The SMILES string of the molecule is COc1ccc(C(O[C@H]2[C@H](n3ccc(=O)[nH]c3=O)OC[C@@H]2/C=C/P(=O)(OC)OC)(c2ccccc2)c2ccc(OC)cc2)cc1. The first-order chi connectivity index (χ1) is 21.8. The molecular formula is C33H35N2O9P. The van der Waals surface area contributed by atoms with Crippen LogP contribution in [-0.4, -0.2) is 50.7 Å². The Morgan fingerprint density at radius 2 is 1.38 bits per heavy atom. The molecule has 1 aliphatic heterocycles. The van der Waals surface area contributed by atoms with Gasteiger partial charge < -0.3 is 28.0 Å². The topological polar surface area (TPSA) is 127 Å². The van der Waals surface area contributed by atoms with E-state index in [1.165, 1.54) is 36.9 Å². The highest BCUT2D eigenvalue weighted by atomic mass is 31.2. The van der Waals surface area contributed by atoms with Gasteiger partial charge in [0.25, 0.3) is 5.56 Å². The Kier molecular flexibility index (Phi) is 9.86. The highest BCUT2D eigenvalue weighted by molar-refractivity contribution is 7.57. The number of ether oxygens (including phenoxy) is 4. The predicted octanol–water partition coefficient (Wildman–Crippen LogP) is 5.08. The van der Waals surface area contributed by atoms with Gasteiger partial charge in [0.05, 0.1) is 20.8 Å². The molecule has 12 heteroatoms.